The topological polar surface area (TPSA) is 88.1 Å². The molecule has 0 saturated carbocycles. The summed E-state index contributed by atoms with van der Waals surface area (Å²) in [6.07, 6.45) is -1.19. The molecular formula is C17H22O7. The lowest BCUT2D eigenvalue weighted by atomic mass is 9.93. The first-order chi connectivity index (χ1) is 11.2. The molecule has 7 nitrogen and oxygen atoms in total. The molecule has 1 aromatic rings. The summed E-state index contributed by atoms with van der Waals surface area (Å²) in [6.45, 7) is 6.43. The number of ether oxygens (including phenoxy) is 4. The van der Waals surface area contributed by atoms with Crippen LogP contribution in [-0.4, -0.2) is 37.4 Å². The van der Waals surface area contributed by atoms with Crippen molar-refractivity contribution in [2.75, 3.05) is 13.7 Å². The molecule has 0 saturated heterocycles. The fourth-order valence-corrected chi connectivity index (χ4v) is 1.91. The minimum atomic E-state index is -2.39. The summed E-state index contributed by atoms with van der Waals surface area (Å²) < 4.78 is 19.9. The molecule has 0 bridgehead atoms. The van der Waals surface area contributed by atoms with Crippen LogP contribution in [0.1, 0.15) is 33.3 Å². The number of hydrogen-bond acceptors (Lipinski definition) is 7. The Hall–Kier alpha value is -2.57. The van der Waals surface area contributed by atoms with Crippen molar-refractivity contribution < 1.29 is 33.3 Å². The van der Waals surface area contributed by atoms with Gasteiger partial charge >= 0.3 is 23.7 Å². The normalized spacial score (nSPS) is 13.4. The van der Waals surface area contributed by atoms with E-state index in [4.69, 9.17) is 18.9 Å². The number of methoxy groups -OCH3 is 1. The number of rotatable bonds is 5. The monoisotopic (exact) mass is 338 g/mol. The van der Waals surface area contributed by atoms with Crippen molar-refractivity contribution in [1.82, 2.24) is 0 Å². The Labute approximate surface area is 140 Å². The number of benzene rings is 1. The second kappa shape index (κ2) is 7.81. The first kappa shape index (κ1) is 19.5. The van der Waals surface area contributed by atoms with E-state index in [1.165, 1.54) is 12.1 Å². The molecule has 0 heterocycles. The van der Waals surface area contributed by atoms with Gasteiger partial charge in [-0.15, -0.1) is 0 Å². The third-order valence-corrected chi connectivity index (χ3v) is 2.84. The molecule has 0 aliphatic rings. The van der Waals surface area contributed by atoms with E-state index < -0.39 is 29.3 Å². The predicted octanol–water partition coefficient (Wildman–Crippen LogP) is 2.57. The van der Waals surface area contributed by atoms with Crippen molar-refractivity contribution in [2.45, 2.75) is 38.9 Å². The molecule has 0 N–H and O–H groups in total. The quantitative estimate of drug-likeness (QED) is 0.463. The molecule has 0 fully saturated rings. The van der Waals surface area contributed by atoms with Crippen molar-refractivity contribution in [3.05, 3.63) is 35.9 Å². The largest absolute Gasteiger partial charge is 0.510 e. The summed E-state index contributed by atoms with van der Waals surface area (Å²) in [5.41, 5.74) is -3.17. The molecule has 1 rings (SSSR count). The van der Waals surface area contributed by atoms with Crippen LogP contribution in [0.2, 0.25) is 0 Å². The van der Waals surface area contributed by atoms with E-state index in [9.17, 15) is 14.4 Å². The maximum atomic E-state index is 12.5. The molecule has 0 radical (unpaired) electrons. The number of hydrogen-bond donors (Lipinski definition) is 0. The average Bonchev–Trinajstić information content (AvgIpc) is 2.51. The molecular weight excluding hydrogens is 316 g/mol. The minimum Gasteiger partial charge on any atom is -0.465 e. The Balaban J connectivity index is 3.39. The molecule has 1 unspecified atom stereocenters. The Kier molecular flexibility index (Phi) is 6.34. The summed E-state index contributed by atoms with van der Waals surface area (Å²) >= 11 is 0. The molecule has 0 aliphatic carbocycles. The Bertz CT molecular complexity index is 589. The van der Waals surface area contributed by atoms with Crippen LogP contribution >= 0.6 is 0 Å². The van der Waals surface area contributed by atoms with Gasteiger partial charge in [-0.05, 0) is 27.7 Å². The zero-order valence-electron chi connectivity index (χ0n) is 14.5. The predicted molar refractivity (Wildman–Crippen MR) is 84.1 cm³/mol. The standard InChI is InChI=1S/C17H22O7/c1-6-22-14(19)17(13(18)21-5,12-10-8-7-9-11-12)24-15(20)23-16(2,3)4/h7-11H,6H2,1-5H3. The average molecular weight is 338 g/mol. The van der Waals surface area contributed by atoms with Crippen molar-refractivity contribution in [3.63, 3.8) is 0 Å². The van der Waals surface area contributed by atoms with Gasteiger partial charge in [0.25, 0.3) is 0 Å². The first-order valence-electron chi connectivity index (χ1n) is 7.40. The van der Waals surface area contributed by atoms with Crippen LogP contribution in [0.5, 0.6) is 0 Å². The van der Waals surface area contributed by atoms with E-state index in [1.54, 1.807) is 45.9 Å². The van der Waals surface area contributed by atoms with Gasteiger partial charge in [0.1, 0.15) is 5.60 Å². The van der Waals surface area contributed by atoms with Crippen molar-refractivity contribution in [1.29, 1.82) is 0 Å². The zero-order chi connectivity index (χ0) is 18.4. The highest BCUT2D eigenvalue weighted by molar-refractivity contribution is 6.05. The first-order valence-corrected chi connectivity index (χ1v) is 7.40. The number of carbonyl (C=O) groups is 3. The van der Waals surface area contributed by atoms with Gasteiger partial charge in [-0.25, -0.2) is 14.4 Å². The molecule has 24 heavy (non-hydrogen) atoms. The van der Waals surface area contributed by atoms with Gasteiger partial charge in [0.05, 0.1) is 13.7 Å². The molecule has 1 aromatic carbocycles. The van der Waals surface area contributed by atoms with Crippen molar-refractivity contribution in [2.24, 2.45) is 0 Å². The maximum absolute atomic E-state index is 12.5. The van der Waals surface area contributed by atoms with Gasteiger partial charge in [0.15, 0.2) is 0 Å². The van der Waals surface area contributed by atoms with E-state index >= 15 is 0 Å². The highest BCUT2D eigenvalue weighted by atomic mass is 16.8. The van der Waals surface area contributed by atoms with E-state index in [-0.39, 0.29) is 12.2 Å². The van der Waals surface area contributed by atoms with E-state index in [0.717, 1.165) is 7.11 Å². The molecule has 1 atom stereocenters. The van der Waals surface area contributed by atoms with Crippen LogP contribution in [0.15, 0.2) is 30.3 Å². The number of carbonyl (C=O) groups excluding carboxylic acids is 3. The zero-order valence-corrected chi connectivity index (χ0v) is 14.5. The van der Waals surface area contributed by atoms with Crippen LogP contribution in [0.3, 0.4) is 0 Å². The molecule has 132 valence electrons. The highest BCUT2D eigenvalue weighted by Gasteiger charge is 2.55. The van der Waals surface area contributed by atoms with Gasteiger partial charge in [-0.3, -0.25) is 0 Å². The van der Waals surface area contributed by atoms with Crippen LogP contribution in [0.4, 0.5) is 4.79 Å². The van der Waals surface area contributed by atoms with Gasteiger partial charge < -0.3 is 18.9 Å². The van der Waals surface area contributed by atoms with Crippen LogP contribution in [0, 0.1) is 0 Å². The fourth-order valence-electron chi connectivity index (χ4n) is 1.91. The Morgan fingerprint density at radius 2 is 1.54 bits per heavy atom. The van der Waals surface area contributed by atoms with Crippen molar-refractivity contribution in [3.8, 4) is 0 Å². The second-order valence-corrected chi connectivity index (χ2v) is 5.83. The summed E-state index contributed by atoms with van der Waals surface area (Å²) in [7, 11) is 1.08. The summed E-state index contributed by atoms with van der Waals surface area (Å²) in [5.74, 6) is -2.15. The smallest absolute Gasteiger partial charge is 0.465 e. The summed E-state index contributed by atoms with van der Waals surface area (Å²) in [5, 5.41) is 0. The van der Waals surface area contributed by atoms with Crippen LogP contribution in [-0.2, 0) is 34.1 Å². The Morgan fingerprint density at radius 1 is 0.958 bits per heavy atom. The summed E-state index contributed by atoms with van der Waals surface area (Å²) in [6, 6.07) is 7.77. The van der Waals surface area contributed by atoms with Crippen LogP contribution < -0.4 is 0 Å². The lowest BCUT2D eigenvalue weighted by molar-refractivity contribution is -0.188. The molecule has 0 amide bonds. The second-order valence-electron chi connectivity index (χ2n) is 5.83. The van der Waals surface area contributed by atoms with Crippen molar-refractivity contribution >= 4 is 18.1 Å². The van der Waals surface area contributed by atoms with E-state index in [0.29, 0.717) is 0 Å². The molecule has 7 heteroatoms. The van der Waals surface area contributed by atoms with E-state index in [1.807, 2.05) is 0 Å². The maximum Gasteiger partial charge on any atom is 0.510 e. The molecule has 0 spiro atoms. The SMILES string of the molecule is CCOC(=O)C(OC(=O)OC(C)(C)C)(C(=O)OC)c1ccccc1. The third kappa shape index (κ3) is 4.47. The minimum absolute atomic E-state index is 0.0118. The number of esters is 2. The molecule has 0 aliphatic heterocycles. The lowest BCUT2D eigenvalue weighted by Gasteiger charge is -2.29. The van der Waals surface area contributed by atoms with Gasteiger partial charge in [0, 0.05) is 5.56 Å². The van der Waals surface area contributed by atoms with Crippen LogP contribution in [0.25, 0.3) is 0 Å². The van der Waals surface area contributed by atoms with Gasteiger partial charge in [-0.2, -0.15) is 0 Å². The Morgan fingerprint density at radius 3 is 2.00 bits per heavy atom. The summed E-state index contributed by atoms with van der Waals surface area (Å²) in [4.78, 5) is 37.0. The fraction of sp³-hybridized carbons (Fsp3) is 0.471. The van der Waals surface area contributed by atoms with E-state index in [2.05, 4.69) is 0 Å². The lowest BCUT2D eigenvalue weighted by Crippen LogP contribution is -2.50. The van der Waals surface area contributed by atoms with Gasteiger partial charge in [-0.1, -0.05) is 30.3 Å². The molecule has 0 aromatic heterocycles. The third-order valence-electron chi connectivity index (χ3n) is 2.84. The highest BCUT2D eigenvalue weighted by Crippen LogP contribution is 2.30. The van der Waals surface area contributed by atoms with Gasteiger partial charge in [0.2, 0.25) is 0 Å².